The van der Waals surface area contributed by atoms with E-state index in [4.69, 9.17) is 0 Å². The van der Waals surface area contributed by atoms with Crippen LogP contribution in [0.25, 0.3) is 0 Å². The summed E-state index contributed by atoms with van der Waals surface area (Å²) >= 11 is 1.80. The minimum absolute atomic E-state index is 0.214. The summed E-state index contributed by atoms with van der Waals surface area (Å²) in [7, 11) is 0. The molecule has 0 saturated heterocycles. The topological polar surface area (TPSA) is 24.9 Å². The molecular weight excluding hydrogens is 211 g/mol. The number of hydrogen-bond acceptors (Lipinski definition) is 3. The summed E-state index contributed by atoms with van der Waals surface area (Å²) in [5, 5.41) is 3.34. The van der Waals surface area contributed by atoms with Crippen molar-refractivity contribution in [2.45, 2.75) is 19.4 Å². The summed E-state index contributed by atoms with van der Waals surface area (Å²) in [6, 6.07) is 1.77. The Morgan fingerprint density at radius 3 is 2.93 bits per heavy atom. The third-order valence-corrected chi connectivity index (χ3v) is 2.83. The van der Waals surface area contributed by atoms with Crippen LogP contribution in [0, 0.1) is 5.82 Å². The molecule has 1 N–H and O–H groups in total. The summed E-state index contributed by atoms with van der Waals surface area (Å²) in [5.74, 6) is 0.799. The number of nitrogens with one attached hydrogen (secondary N) is 1. The minimum atomic E-state index is -0.264. The van der Waals surface area contributed by atoms with Crippen molar-refractivity contribution in [1.82, 2.24) is 10.3 Å². The Balaban J connectivity index is 2.69. The summed E-state index contributed by atoms with van der Waals surface area (Å²) < 4.78 is 13.0. The van der Waals surface area contributed by atoms with Crippen molar-refractivity contribution in [3.05, 3.63) is 29.8 Å². The smallest absolute Gasteiger partial charge is 0.141 e. The Hall–Kier alpha value is -0.610. The van der Waals surface area contributed by atoms with E-state index in [0.29, 0.717) is 0 Å². The maximum Gasteiger partial charge on any atom is 0.141 e. The number of thioether (sulfide) groups is 1. The van der Waals surface area contributed by atoms with Crippen LogP contribution in [0.5, 0.6) is 0 Å². The Morgan fingerprint density at radius 1 is 1.53 bits per heavy atom. The normalized spacial score (nSPS) is 12.7. The van der Waals surface area contributed by atoms with Gasteiger partial charge >= 0.3 is 0 Å². The lowest BCUT2D eigenvalue weighted by Crippen LogP contribution is -2.21. The van der Waals surface area contributed by atoms with Gasteiger partial charge in [-0.25, -0.2) is 4.39 Å². The molecule has 84 valence electrons. The fraction of sp³-hybridized carbons (Fsp3) is 0.545. The summed E-state index contributed by atoms with van der Waals surface area (Å²) in [6.07, 6.45) is 6.05. The average molecular weight is 228 g/mol. The van der Waals surface area contributed by atoms with Crippen molar-refractivity contribution in [2.75, 3.05) is 18.6 Å². The van der Waals surface area contributed by atoms with E-state index < -0.39 is 0 Å². The van der Waals surface area contributed by atoms with Crippen LogP contribution >= 0.6 is 11.8 Å². The molecule has 0 amide bonds. The lowest BCUT2D eigenvalue weighted by molar-refractivity contribution is 0.531. The van der Waals surface area contributed by atoms with Crippen LogP contribution < -0.4 is 5.32 Å². The third kappa shape index (κ3) is 4.18. The van der Waals surface area contributed by atoms with Crippen LogP contribution in [0.15, 0.2) is 18.5 Å². The molecule has 1 atom stereocenters. The molecule has 1 rings (SSSR count). The second-order valence-electron chi connectivity index (χ2n) is 3.33. The number of aromatic nitrogens is 1. The Morgan fingerprint density at radius 2 is 2.33 bits per heavy atom. The van der Waals surface area contributed by atoms with E-state index >= 15 is 0 Å². The lowest BCUT2D eigenvalue weighted by atomic mass is 10.1. The number of halogens is 1. The Labute approximate surface area is 94.7 Å². The van der Waals surface area contributed by atoms with Crippen LogP contribution in [0.2, 0.25) is 0 Å². The van der Waals surface area contributed by atoms with E-state index in [1.807, 2.05) is 0 Å². The van der Waals surface area contributed by atoms with Gasteiger partial charge in [0.2, 0.25) is 0 Å². The highest BCUT2D eigenvalue weighted by atomic mass is 32.2. The van der Waals surface area contributed by atoms with Gasteiger partial charge in [0.1, 0.15) is 5.82 Å². The number of nitrogens with zero attached hydrogens (tertiary/aromatic N) is 1. The lowest BCUT2D eigenvalue weighted by Gasteiger charge is -2.17. The highest BCUT2D eigenvalue weighted by Crippen LogP contribution is 2.18. The number of pyridine rings is 1. The predicted octanol–water partition coefficient (Wildman–Crippen LogP) is 2.62. The van der Waals surface area contributed by atoms with Crippen molar-refractivity contribution in [1.29, 1.82) is 0 Å². The first-order chi connectivity index (χ1) is 7.27. The van der Waals surface area contributed by atoms with Crippen LogP contribution in [0.4, 0.5) is 4.39 Å². The molecule has 15 heavy (non-hydrogen) atoms. The van der Waals surface area contributed by atoms with Gasteiger partial charge in [0.05, 0.1) is 6.20 Å². The van der Waals surface area contributed by atoms with E-state index in [9.17, 15) is 4.39 Å². The zero-order valence-corrected chi connectivity index (χ0v) is 9.98. The third-order valence-electron chi connectivity index (χ3n) is 2.19. The van der Waals surface area contributed by atoms with E-state index in [0.717, 1.165) is 24.3 Å². The summed E-state index contributed by atoms with van der Waals surface area (Å²) in [5.41, 5.74) is 0.936. The molecule has 1 aromatic heterocycles. The predicted molar refractivity (Wildman–Crippen MR) is 63.6 cm³/mol. The molecule has 0 aliphatic heterocycles. The first-order valence-corrected chi connectivity index (χ1v) is 6.50. The standard InChI is InChI=1S/C11H17FN2S/c1-3-14-11(4-5-15-2)9-6-10(12)8-13-7-9/h6-8,11,14H,3-5H2,1-2H3. The van der Waals surface area contributed by atoms with Crippen molar-refractivity contribution < 1.29 is 4.39 Å². The van der Waals surface area contributed by atoms with E-state index in [2.05, 4.69) is 23.5 Å². The summed E-state index contributed by atoms with van der Waals surface area (Å²) in [6.45, 7) is 2.94. The molecule has 2 nitrogen and oxygen atoms in total. The molecule has 0 spiro atoms. The van der Waals surface area contributed by atoms with Gasteiger partial charge in [-0.05, 0) is 36.6 Å². The minimum Gasteiger partial charge on any atom is -0.310 e. The van der Waals surface area contributed by atoms with E-state index in [1.165, 1.54) is 6.20 Å². The van der Waals surface area contributed by atoms with Crippen molar-refractivity contribution in [3.8, 4) is 0 Å². The quantitative estimate of drug-likeness (QED) is 0.810. The first-order valence-electron chi connectivity index (χ1n) is 5.10. The van der Waals surface area contributed by atoms with Gasteiger partial charge in [-0.15, -0.1) is 0 Å². The SMILES string of the molecule is CCNC(CCSC)c1cncc(F)c1. The molecule has 0 bridgehead atoms. The van der Waals surface area contributed by atoms with Crippen LogP contribution in [-0.2, 0) is 0 Å². The Kier molecular flexibility index (Phi) is 5.65. The van der Waals surface area contributed by atoms with Crippen molar-refractivity contribution >= 4 is 11.8 Å². The molecule has 0 aliphatic carbocycles. The van der Waals surface area contributed by atoms with Gasteiger partial charge in [-0.3, -0.25) is 4.98 Å². The van der Waals surface area contributed by atoms with Crippen molar-refractivity contribution in [2.24, 2.45) is 0 Å². The first kappa shape index (κ1) is 12.5. The molecule has 1 heterocycles. The fourth-order valence-electron chi connectivity index (χ4n) is 1.49. The van der Waals surface area contributed by atoms with Crippen molar-refractivity contribution in [3.63, 3.8) is 0 Å². The van der Waals surface area contributed by atoms with Gasteiger partial charge in [-0.1, -0.05) is 6.92 Å². The zero-order valence-electron chi connectivity index (χ0n) is 9.16. The molecule has 1 aromatic rings. The van der Waals surface area contributed by atoms with Crippen LogP contribution in [0.3, 0.4) is 0 Å². The molecule has 0 aliphatic rings. The molecule has 0 fully saturated rings. The second-order valence-corrected chi connectivity index (χ2v) is 4.31. The van der Waals surface area contributed by atoms with E-state index in [1.54, 1.807) is 24.0 Å². The van der Waals surface area contributed by atoms with Crippen LogP contribution in [0.1, 0.15) is 24.9 Å². The molecular formula is C11H17FN2S. The second kappa shape index (κ2) is 6.80. The highest BCUT2D eigenvalue weighted by molar-refractivity contribution is 7.98. The van der Waals surface area contributed by atoms with Gasteiger partial charge in [-0.2, -0.15) is 11.8 Å². The monoisotopic (exact) mass is 228 g/mol. The molecule has 0 saturated carbocycles. The molecule has 0 aromatic carbocycles. The van der Waals surface area contributed by atoms with Gasteiger partial charge in [0.25, 0.3) is 0 Å². The number of hydrogen-bond donors (Lipinski definition) is 1. The highest BCUT2D eigenvalue weighted by Gasteiger charge is 2.10. The van der Waals surface area contributed by atoms with Crippen LogP contribution in [-0.4, -0.2) is 23.5 Å². The molecule has 4 heteroatoms. The largest absolute Gasteiger partial charge is 0.310 e. The molecule has 0 radical (unpaired) electrons. The zero-order chi connectivity index (χ0) is 11.1. The maximum atomic E-state index is 13.0. The van der Waals surface area contributed by atoms with E-state index in [-0.39, 0.29) is 11.9 Å². The molecule has 1 unspecified atom stereocenters. The fourth-order valence-corrected chi connectivity index (χ4v) is 1.96. The van der Waals surface area contributed by atoms with Gasteiger partial charge in [0, 0.05) is 12.2 Å². The Bertz CT molecular complexity index is 294. The maximum absolute atomic E-state index is 13.0. The summed E-state index contributed by atoms with van der Waals surface area (Å²) in [4.78, 5) is 3.87. The van der Waals surface area contributed by atoms with Gasteiger partial charge in [0.15, 0.2) is 0 Å². The van der Waals surface area contributed by atoms with Gasteiger partial charge < -0.3 is 5.32 Å². The average Bonchev–Trinajstić information content (AvgIpc) is 2.24. The number of rotatable bonds is 6.